The van der Waals surface area contributed by atoms with E-state index in [1.54, 1.807) is 4.90 Å². The Morgan fingerprint density at radius 1 is 1.15 bits per heavy atom. The molecule has 1 N–H and O–H groups in total. The summed E-state index contributed by atoms with van der Waals surface area (Å²) in [5, 5.41) is 13.0. The lowest BCUT2D eigenvalue weighted by Gasteiger charge is -2.45. The van der Waals surface area contributed by atoms with Gasteiger partial charge in [-0.15, -0.1) is 0 Å². The lowest BCUT2D eigenvalue weighted by Crippen LogP contribution is -2.53. The Kier molecular flexibility index (Phi) is 6.71. The third-order valence-corrected chi connectivity index (χ3v) is 7.92. The third kappa shape index (κ3) is 4.69. The lowest BCUT2D eigenvalue weighted by atomic mass is 9.87. The van der Waals surface area contributed by atoms with Gasteiger partial charge in [0, 0.05) is 49.1 Å². The topological polar surface area (TPSA) is 81.9 Å². The van der Waals surface area contributed by atoms with Crippen molar-refractivity contribution in [1.82, 2.24) is 19.6 Å². The molecule has 4 rings (SSSR count). The second-order valence-electron chi connectivity index (χ2n) is 10.4. The second kappa shape index (κ2) is 9.41. The van der Waals surface area contributed by atoms with Crippen LogP contribution in [0, 0.1) is 6.92 Å². The molecule has 0 spiro atoms. The van der Waals surface area contributed by atoms with E-state index in [1.165, 1.54) is 41.9 Å². The van der Waals surface area contributed by atoms with E-state index in [4.69, 9.17) is 5.11 Å². The molecule has 2 saturated heterocycles. The molecule has 1 aromatic heterocycles. The van der Waals surface area contributed by atoms with Crippen molar-refractivity contribution >= 4 is 17.7 Å². The van der Waals surface area contributed by atoms with Crippen LogP contribution in [0.2, 0.25) is 0 Å². The van der Waals surface area contributed by atoms with Crippen LogP contribution in [0.5, 0.6) is 0 Å². The summed E-state index contributed by atoms with van der Waals surface area (Å²) in [5.74, 6) is -1.13. The van der Waals surface area contributed by atoms with Gasteiger partial charge in [-0.3, -0.25) is 4.90 Å². The molecule has 0 saturated carbocycles. The molecular weight excluding hydrogens is 430 g/mol. The highest BCUT2D eigenvalue weighted by atomic mass is 16.4. The Labute approximate surface area is 202 Å². The van der Waals surface area contributed by atoms with E-state index in [0.29, 0.717) is 25.2 Å². The maximum Gasteiger partial charge on any atom is 0.356 e. The van der Waals surface area contributed by atoms with Crippen molar-refractivity contribution in [3.63, 3.8) is 0 Å². The summed E-state index contributed by atoms with van der Waals surface area (Å²) in [4.78, 5) is 30.7. The van der Waals surface area contributed by atoms with Crippen molar-refractivity contribution in [2.75, 3.05) is 25.0 Å². The number of aromatic carboxylic acids is 1. The average molecular weight is 468 g/mol. The number of hydrogen-bond donors (Lipinski definition) is 1. The van der Waals surface area contributed by atoms with E-state index in [1.807, 2.05) is 0 Å². The number of aromatic nitrogens is 2. The Morgan fingerprint density at radius 3 is 2.38 bits per heavy atom. The molecule has 8 heteroatoms. The smallest absolute Gasteiger partial charge is 0.356 e. The molecule has 2 aliphatic heterocycles. The number of piperidine rings is 1. The largest absolute Gasteiger partial charge is 0.476 e. The van der Waals surface area contributed by atoms with Crippen LogP contribution in [0.15, 0.2) is 30.5 Å². The predicted molar refractivity (Wildman–Crippen MR) is 132 cm³/mol. The van der Waals surface area contributed by atoms with E-state index < -0.39 is 5.97 Å². The van der Waals surface area contributed by atoms with Gasteiger partial charge in [-0.1, -0.05) is 12.1 Å². The van der Waals surface area contributed by atoms with Gasteiger partial charge in [0.25, 0.3) is 0 Å². The third-order valence-electron chi connectivity index (χ3n) is 7.92. The van der Waals surface area contributed by atoms with Gasteiger partial charge < -0.3 is 14.9 Å². The van der Waals surface area contributed by atoms with Crippen LogP contribution < -0.4 is 4.90 Å². The van der Waals surface area contributed by atoms with Gasteiger partial charge >= 0.3 is 12.0 Å². The summed E-state index contributed by atoms with van der Waals surface area (Å²) in [5.41, 5.74) is 3.85. The van der Waals surface area contributed by atoms with E-state index in [9.17, 15) is 9.59 Å². The molecule has 2 atom stereocenters. The molecule has 2 aliphatic rings. The second-order valence-corrected chi connectivity index (χ2v) is 10.4. The number of nitrogens with zero attached hydrogens (tertiary/aromatic N) is 5. The normalized spacial score (nSPS) is 22.4. The molecule has 184 valence electrons. The fourth-order valence-corrected chi connectivity index (χ4v) is 5.42. The van der Waals surface area contributed by atoms with Gasteiger partial charge in [-0.05, 0) is 83.7 Å². The first kappa shape index (κ1) is 24.3. The number of rotatable bonds is 5. The Morgan fingerprint density at radius 2 is 1.79 bits per heavy atom. The Hall–Kier alpha value is -2.87. The summed E-state index contributed by atoms with van der Waals surface area (Å²) < 4.78 is 1.13. The van der Waals surface area contributed by atoms with E-state index in [2.05, 4.69) is 67.8 Å². The monoisotopic (exact) mass is 467 g/mol. The molecule has 34 heavy (non-hydrogen) atoms. The zero-order chi connectivity index (χ0) is 24.6. The maximum atomic E-state index is 12.8. The fraction of sp³-hybridized carbons (Fsp3) is 0.577. The summed E-state index contributed by atoms with van der Waals surface area (Å²) in [6.07, 6.45) is 5.58. The molecule has 8 nitrogen and oxygen atoms in total. The minimum Gasteiger partial charge on any atom is -0.476 e. The first-order valence-corrected chi connectivity index (χ1v) is 12.3. The molecule has 3 heterocycles. The van der Waals surface area contributed by atoms with Crippen LogP contribution in [0.3, 0.4) is 0 Å². The van der Waals surface area contributed by atoms with E-state index in [-0.39, 0.29) is 17.3 Å². The minimum absolute atomic E-state index is 0.0302. The van der Waals surface area contributed by atoms with Crippen molar-refractivity contribution < 1.29 is 14.7 Å². The summed E-state index contributed by atoms with van der Waals surface area (Å²) in [7, 11) is 2.19. The van der Waals surface area contributed by atoms with Crippen molar-refractivity contribution in [2.24, 2.45) is 0 Å². The number of carbonyl (C=O) groups is 2. The number of carboxylic acids is 1. The van der Waals surface area contributed by atoms with Crippen LogP contribution in [0.25, 0.3) is 0 Å². The van der Waals surface area contributed by atoms with Crippen LogP contribution in [-0.4, -0.2) is 74.4 Å². The zero-order valence-corrected chi connectivity index (χ0v) is 21.0. The van der Waals surface area contributed by atoms with Gasteiger partial charge in [0.1, 0.15) is 0 Å². The number of carbonyl (C=O) groups excluding carboxylic acids is 1. The zero-order valence-electron chi connectivity index (χ0n) is 21.0. The lowest BCUT2D eigenvalue weighted by molar-refractivity contribution is 0.0585. The van der Waals surface area contributed by atoms with Gasteiger partial charge in [0.2, 0.25) is 0 Å². The highest BCUT2D eigenvalue weighted by Crippen LogP contribution is 2.36. The van der Waals surface area contributed by atoms with Crippen LogP contribution in [0.1, 0.15) is 68.1 Å². The number of hydrogen-bond acceptors (Lipinski definition) is 5. The van der Waals surface area contributed by atoms with Crippen molar-refractivity contribution in [3.05, 3.63) is 47.3 Å². The van der Waals surface area contributed by atoms with Crippen LogP contribution in [-0.2, 0) is 6.54 Å². The Bertz CT molecular complexity index is 1050. The summed E-state index contributed by atoms with van der Waals surface area (Å²) in [6.45, 7) is 11.2. The molecule has 2 fully saturated rings. The standard InChI is InChI=1S/C26H37N5O3/c1-18-6-9-21(23(16-18)31-19(2)7-8-20(31)3)17-28(5)26(4)11-14-29(15-12-26)25(34)30-13-10-22(27-30)24(32)33/h6,9-10,13,16,19-20H,7-8,11-12,14-15,17H2,1-5H3,(H,32,33)/t19-,20-/m1/s1. The molecule has 2 aromatic rings. The summed E-state index contributed by atoms with van der Waals surface area (Å²) >= 11 is 0. The molecular formula is C26H37N5O3. The number of anilines is 1. The van der Waals surface area contributed by atoms with E-state index in [0.717, 1.165) is 24.1 Å². The average Bonchev–Trinajstić information content (AvgIpc) is 3.42. The Balaban J connectivity index is 1.44. The molecule has 0 unspecified atom stereocenters. The van der Waals surface area contributed by atoms with Gasteiger partial charge in [0.15, 0.2) is 5.69 Å². The number of likely N-dealkylation sites (tertiary alicyclic amines) is 1. The highest BCUT2D eigenvalue weighted by Gasteiger charge is 2.36. The predicted octanol–water partition coefficient (Wildman–Crippen LogP) is 4.22. The number of benzene rings is 1. The van der Waals surface area contributed by atoms with Gasteiger partial charge in [-0.2, -0.15) is 9.78 Å². The molecule has 0 radical (unpaired) electrons. The molecule has 0 bridgehead atoms. The quantitative estimate of drug-likeness (QED) is 0.709. The first-order chi connectivity index (χ1) is 16.1. The van der Waals surface area contributed by atoms with Gasteiger partial charge in [0.05, 0.1) is 0 Å². The van der Waals surface area contributed by atoms with Crippen molar-refractivity contribution in [1.29, 1.82) is 0 Å². The number of amides is 1. The van der Waals surface area contributed by atoms with Gasteiger partial charge in [-0.25, -0.2) is 9.59 Å². The van der Waals surface area contributed by atoms with Crippen molar-refractivity contribution in [3.8, 4) is 0 Å². The fourth-order valence-electron chi connectivity index (χ4n) is 5.42. The summed E-state index contributed by atoms with van der Waals surface area (Å²) in [6, 6.07) is 9.00. The van der Waals surface area contributed by atoms with E-state index >= 15 is 0 Å². The number of carboxylic acid groups (broad SMARTS) is 1. The number of aryl methyl sites for hydroxylation is 1. The van der Waals surface area contributed by atoms with Crippen LogP contribution in [0.4, 0.5) is 10.5 Å². The molecule has 0 aliphatic carbocycles. The minimum atomic E-state index is -1.13. The maximum absolute atomic E-state index is 12.8. The molecule has 1 amide bonds. The first-order valence-electron chi connectivity index (χ1n) is 12.3. The van der Waals surface area contributed by atoms with Crippen molar-refractivity contribution in [2.45, 2.75) is 77.5 Å². The molecule has 1 aromatic carbocycles. The SMILES string of the molecule is Cc1ccc(CN(C)C2(C)CCN(C(=O)n3ccc(C(=O)O)n3)CC2)c(N2[C@H](C)CC[C@H]2C)c1. The highest BCUT2D eigenvalue weighted by molar-refractivity contribution is 5.86. The van der Waals surface area contributed by atoms with Crippen LogP contribution >= 0.6 is 0 Å².